The fourth-order valence-electron chi connectivity index (χ4n) is 3.04. The molecule has 2 aromatic carbocycles. The molecule has 176 valence electrons. The Morgan fingerprint density at radius 2 is 1.52 bits per heavy atom. The smallest absolute Gasteiger partial charge is 0.364 e. The summed E-state index contributed by atoms with van der Waals surface area (Å²) in [6.45, 7) is 9.85. The summed E-state index contributed by atoms with van der Waals surface area (Å²) < 4.78 is 16.6. The zero-order valence-corrected chi connectivity index (χ0v) is 19.6. The van der Waals surface area contributed by atoms with Gasteiger partial charge in [-0.25, -0.2) is 9.59 Å². The lowest BCUT2D eigenvalue weighted by molar-refractivity contribution is -0.154. The van der Waals surface area contributed by atoms with Gasteiger partial charge in [-0.3, -0.25) is 4.79 Å². The number of ether oxygens (including phenoxy) is 3. The summed E-state index contributed by atoms with van der Waals surface area (Å²) in [5, 5.41) is 0. The van der Waals surface area contributed by atoms with Gasteiger partial charge in [0.2, 0.25) is 0 Å². The van der Waals surface area contributed by atoms with Crippen LogP contribution < -0.4 is 15.4 Å². The molecule has 0 amide bonds. The predicted molar refractivity (Wildman–Crippen MR) is 122 cm³/mol. The maximum atomic E-state index is 12.6. The summed E-state index contributed by atoms with van der Waals surface area (Å²) in [4.78, 5) is 40.4. The first-order chi connectivity index (χ1) is 15.4. The van der Waals surface area contributed by atoms with E-state index >= 15 is 0 Å². The van der Waals surface area contributed by atoms with Gasteiger partial charge in [0.25, 0.3) is 0 Å². The van der Waals surface area contributed by atoms with Crippen LogP contribution in [-0.2, 0) is 24.0 Å². The van der Waals surface area contributed by atoms with Crippen LogP contribution in [0.25, 0.3) is 5.57 Å². The summed E-state index contributed by atoms with van der Waals surface area (Å²) in [6, 6.07) is 13.9. The third kappa shape index (κ3) is 7.18. The second kappa shape index (κ2) is 10.8. The quantitative estimate of drug-likeness (QED) is 0.164. The molecule has 2 N–H and O–H groups in total. The first kappa shape index (κ1) is 25.6. The molecule has 1 unspecified atom stereocenters. The maximum Gasteiger partial charge on any atom is 0.364 e. The van der Waals surface area contributed by atoms with Crippen LogP contribution in [0.15, 0.2) is 54.1 Å². The van der Waals surface area contributed by atoms with Crippen LogP contribution in [0.1, 0.15) is 58.8 Å². The molecule has 33 heavy (non-hydrogen) atoms. The molecule has 8 heteroatoms. The van der Waals surface area contributed by atoms with Crippen LogP contribution in [0, 0.1) is 0 Å². The minimum Gasteiger partial charge on any atom is -0.486 e. The number of hydrogen-bond donors (Lipinski definition) is 1. The number of para-hydroxylation sites is 1. The molecule has 0 saturated carbocycles. The highest BCUT2D eigenvalue weighted by molar-refractivity contribution is 6.19. The molecule has 2 aromatic rings. The van der Waals surface area contributed by atoms with Crippen LogP contribution >= 0.6 is 0 Å². The van der Waals surface area contributed by atoms with Crippen LogP contribution in [0.3, 0.4) is 0 Å². The van der Waals surface area contributed by atoms with Crippen molar-refractivity contribution in [2.24, 2.45) is 5.90 Å². The van der Waals surface area contributed by atoms with Gasteiger partial charge in [0.15, 0.2) is 0 Å². The zero-order chi connectivity index (χ0) is 24.8. The Labute approximate surface area is 193 Å². The number of hydrogen-bond acceptors (Lipinski definition) is 8. The van der Waals surface area contributed by atoms with E-state index in [1.54, 1.807) is 64.1 Å². The van der Waals surface area contributed by atoms with Gasteiger partial charge in [-0.15, -0.1) is 0 Å². The van der Waals surface area contributed by atoms with Crippen LogP contribution in [0.2, 0.25) is 0 Å². The Kier molecular flexibility index (Phi) is 8.37. The second-order valence-corrected chi connectivity index (χ2v) is 8.32. The van der Waals surface area contributed by atoms with E-state index in [-0.39, 0.29) is 5.57 Å². The molecule has 0 spiro atoms. The van der Waals surface area contributed by atoms with E-state index in [4.69, 9.17) is 20.1 Å². The standard InChI is InChI=1S/C25H29NO7/c1-15(22(24(29)33-26)23(28)32-25(4,5)6)18-11-13-19(14-12-18)30-16(2)20-9-7-8-10-21(20)31-17(3)27/h7-14,16H,26H2,1-6H3. The number of esters is 2. The monoisotopic (exact) mass is 455 g/mol. The Morgan fingerprint density at radius 3 is 2.06 bits per heavy atom. The van der Waals surface area contributed by atoms with E-state index in [2.05, 4.69) is 4.84 Å². The zero-order valence-electron chi connectivity index (χ0n) is 19.6. The fraction of sp³-hybridized carbons (Fsp3) is 0.320. The van der Waals surface area contributed by atoms with Gasteiger partial charge in [-0.05, 0) is 64.0 Å². The van der Waals surface area contributed by atoms with Gasteiger partial charge in [-0.2, -0.15) is 5.90 Å². The van der Waals surface area contributed by atoms with Crippen molar-refractivity contribution in [1.82, 2.24) is 0 Å². The lowest BCUT2D eigenvalue weighted by Crippen LogP contribution is -2.29. The predicted octanol–water partition coefficient (Wildman–Crippen LogP) is 4.28. The van der Waals surface area contributed by atoms with Crippen molar-refractivity contribution in [3.63, 3.8) is 0 Å². The molecule has 2 rings (SSSR count). The average molecular weight is 456 g/mol. The molecule has 0 radical (unpaired) electrons. The molecule has 8 nitrogen and oxygen atoms in total. The van der Waals surface area contributed by atoms with Crippen molar-refractivity contribution in [1.29, 1.82) is 0 Å². The van der Waals surface area contributed by atoms with Crippen LogP contribution in [0.4, 0.5) is 0 Å². The Morgan fingerprint density at radius 1 is 0.909 bits per heavy atom. The Balaban J connectivity index is 2.28. The number of benzene rings is 2. The first-order valence-electron chi connectivity index (χ1n) is 10.3. The molecule has 0 aliphatic heterocycles. The second-order valence-electron chi connectivity index (χ2n) is 8.32. The Hall–Kier alpha value is -3.65. The van der Waals surface area contributed by atoms with Gasteiger partial charge in [0.05, 0.1) is 0 Å². The number of carbonyl (C=O) groups excluding carboxylic acids is 3. The maximum absolute atomic E-state index is 12.6. The van der Waals surface area contributed by atoms with Crippen molar-refractivity contribution >= 4 is 23.5 Å². The fourth-order valence-corrected chi connectivity index (χ4v) is 3.04. The van der Waals surface area contributed by atoms with Crippen LogP contribution in [0.5, 0.6) is 11.5 Å². The molecule has 1 atom stereocenters. The molecule has 0 heterocycles. The van der Waals surface area contributed by atoms with Gasteiger partial charge < -0.3 is 19.0 Å². The largest absolute Gasteiger partial charge is 0.486 e. The minimum absolute atomic E-state index is 0.287. The van der Waals surface area contributed by atoms with Crippen molar-refractivity contribution in [2.75, 3.05) is 0 Å². The van der Waals surface area contributed by atoms with E-state index in [1.807, 2.05) is 19.1 Å². The molecular formula is C25H29NO7. The highest BCUT2D eigenvalue weighted by Crippen LogP contribution is 2.30. The highest BCUT2D eigenvalue weighted by atomic mass is 16.7. The molecule has 0 bridgehead atoms. The average Bonchev–Trinajstić information content (AvgIpc) is 2.72. The lowest BCUT2D eigenvalue weighted by Gasteiger charge is -2.21. The Bertz CT molecular complexity index is 1050. The van der Waals surface area contributed by atoms with E-state index < -0.39 is 29.6 Å². The highest BCUT2D eigenvalue weighted by Gasteiger charge is 2.28. The number of allylic oxidation sites excluding steroid dienone is 1. The van der Waals surface area contributed by atoms with Crippen molar-refractivity contribution in [3.05, 3.63) is 65.2 Å². The molecule has 0 fully saturated rings. The van der Waals surface area contributed by atoms with Crippen molar-refractivity contribution < 1.29 is 33.4 Å². The van der Waals surface area contributed by atoms with Crippen molar-refractivity contribution in [2.45, 2.75) is 53.2 Å². The summed E-state index contributed by atoms with van der Waals surface area (Å²) in [5.74, 6) is 3.76. The molecule has 0 aliphatic rings. The van der Waals surface area contributed by atoms with E-state index in [9.17, 15) is 14.4 Å². The van der Waals surface area contributed by atoms with Crippen LogP contribution in [-0.4, -0.2) is 23.5 Å². The third-order valence-electron chi connectivity index (χ3n) is 4.50. The van der Waals surface area contributed by atoms with Gasteiger partial charge in [-0.1, -0.05) is 30.3 Å². The normalized spacial score (nSPS) is 12.8. The topological polar surface area (TPSA) is 114 Å². The van der Waals surface area contributed by atoms with Gasteiger partial charge >= 0.3 is 17.9 Å². The van der Waals surface area contributed by atoms with E-state index in [1.165, 1.54) is 6.92 Å². The summed E-state index contributed by atoms with van der Waals surface area (Å²) in [5.41, 5.74) is 0.560. The third-order valence-corrected chi connectivity index (χ3v) is 4.50. The minimum atomic E-state index is -0.988. The summed E-state index contributed by atoms with van der Waals surface area (Å²) in [7, 11) is 0. The van der Waals surface area contributed by atoms with Gasteiger partial charge in [0.1, 0.15) is 28.8 Å². The summed E-state index contributed by atoms with van der Waals surface area (Å²) >= 11 is 0. The molecule has 0 saturated heterocycles. The SMILES string of the molecule is CC(=O)Oc1ccccc1C(C)Oc1ccc(C(C)=C(C(=O)ON)C(=O)OC(C)(C)C)cc1. The summed E-state index contributed by atoms with van der Waals surface area (Å²) in [6.07, 6.45) is -0.410. The lowest BCUT2D eigenvalue weighted by atomic mass is 10.0. The number of nitrogens with two attached hydrogens (primary N) is 1. The first-order valence-corrected chi connectivity index (χ1v) is 10.3. The molecule has 0 aromatic heterocycles. The van der Waals surface area contributed by atoms with Crippen molar-refractivity contribution in [3.8, 4) is 11.5 Å². The van der Waals surface area contributed by atoms with E-state index in [0.717, 1.165) is 0 Å². The molecule has 0 aliphatic carbocycles. The van der Waals surface area contributed by atoms with E-state index in [0.29, 0.717) is 28.2 Å². The van der Waals surface area contributed by atoms with Gasteiger partial charge in [0, 0.05) is 12.5 Å². The molecular weight excluding hydrogens is 426 g/mol. The number of rotatable bonds is 7. The number of carbonyl (C=O) groups is 3.